The molecule has 0 aliphatic rings. The third-order valence-corrected chi connectivity index (χ3v) is 3.19. The average Bonchev–Trinajstić information content (AvgIpc) is 2.45. The van der Waals surface area contributed by atoms with Gasteiger partial charge in [0.05, 0.1) is 0 Å². The lowest BCUT2D eigenvalue weighted by Crippen LogP contribution is -2.35. The summed E-state index contributed by atoms with van der Waals surface area (Å²) < 4.78 is 5.73. The van der Waals surface area contributed by atoms with E-state index in [0.29, 0.717) is 12.6 Å². The normalized spacial score (nSPS) is 11.5. The predicted octanol–water partition coefficient (Wildman–Crippen LogP) is 3.28. The molecule has 0 spiro atoms. The van der Waals surface area contributed by atoms with Crippen molar-refractivity contribution in [2.24, 2.45) is 0 Å². The maximum atomic E-state index is 10.4. The van der Waals surface area contributed by atoms with Crippen molar-refractivity contribution < 1.29 is 14.6 Å². The fraction of sp³-hybridized carbons (Fsp3) is 0.471. The molecule has 0 saturated carbocycles. The zero-order chi connectivity index (χ0) is 15.7. The Balaban J connectivity index is 2.43. The minimum atomic E-state index is -0.944. The topological polar surface area (TPSA) is 49.8 Å². The van der Waals surface area contributed by atoms with Crippen molar-refractivity contribution in [1.82, 2.24) is 4.90 Å². The number of benzene rings is 1. The highest BCUT2D eigenvalue weighted by molar-refractivity contribution is 5.85. The second-order valence-corrected chi connectivity index (χ2v) is 5.22. The second-order valence-electron chi connectivity index (χ2n) is 5.22. The lowest BCUT2D eigenvalue weighted by molar-refractivity contribution is -0.131. The smallest absolute Gasteiger partial charge is 0.328 e. The molecule has 0 aliphatic carbocycles. The third-order valence-electron chi connectivity index (χ3n) is 3.19. The van der Waals surface area contributed by atoms with Gasteiger partial charge in [0.15, 0.2) is 0 Å². The molecule has 1 N–H and O–H groups in total. The molecule has 0 radical (unpaired) electrons. The zero-order valence-electron chi connectivity index (χ0n) is 13.1. The molecule has 4 nitrogen and oxygen atoms in total. The van der Waals surface area contributed by atoms with Crippen LogP contribution in [0.25, 0.3) is 6.08 Å². The summed E-state index contributed by atoms with van der Waals surface area (Å²) in [5, 5.41) is 8.57. The molecular formula is C17H25NO3. The van der Waals surface area contributed by atoms with Crippen molar-refractivity contribution in [3.8, 4) is 5.75 Å². The van der Waals surface area contributed by atoms with Crippen LogP contribution in [-0.2, 0) is 4.79 Å². The standard InChI is InChI=1S/C17H25NO3/c1-4-11-18(14(2)3)12-13-21-16-8-5-15(6-9-16)7-10-17(19)20/h5-10,14H,4,11-13H2,1-3H3,(H,19,20). The Kier molecular flexibility index (Phi) is 7.54. The van der Waals surface area contributed by atoms with E-state index in [1.54, 1.807) is 6.08 Å². The van der Waals surface area contributed by atoms with Crippen molar-refractivity contribution in [3.05, 3.63) is 35.9 Å². The molecule has 1 aromatic carbocycles. The first-order valence-electron chi connectivity index (χ1n) is 7.41. The van der Waals surface area contributed by atoms with Gasteiger partial charge in [0.2, 0.25) is 0 Å². The first-order chi connectivity index (χ1) is 10.0. The van der Waals surface area contributed by atoms with Crippen molar-refractivity contribution >= 4 is 12.0 Å². The molecule has 0 bridgehead atoms. The zero-order valence-corrected chi connectivity index (χ0v) is 13.1. The van der Waals surface area contributed by atoms with Crippen molar-refractivity contribution in [3.63, 3.8) is 0 Å². The van der Waals surface area contributed by atoms with Crippen LogP contribution in [0.2, 0.25) is 0 Å². The van der Waals surface area contributed by atoms with Gasteiger partial charge >= 0.3 is 5.97 Å². The maximum Gasteiger partial charge on any atom is 0.328 e. The van der Waals surface area contributed by atoms with Crippen LogP contribution >= 0.6 is 0 Å². The quantitative estimate of drug-likeness (QED) is 0.709. The van der Waals surface area contributed by atoms with Gasteiger partial charge in [-0.2, -0.15) is 0 Å². The Morgan fingerprint density at radius 2 is 1.95 bits per heavy atom. The Hall–Kier alpha value is -1.81. The predicted molar refractivity (Wildman–Crippen MR) is 85.6 cm³/mol. The van der Waals surface area contributed by atoms with Gasteiger partial charge in [0.1, 0.15) is 12.4 Å². The fourth-order valence-corrected chi connectivity index (χ4v) is 2.04. The molecule has 0 saturated heterocycles. The molecule has 4 heteroatoms. The van der Waals surface area contributed by atoms with Crippen LogP contribution in [0, 0.1) is 0 Å². The highest BCUT2D eigenvalue weighted by Crippen LogP contribution is 2.13. The largest absolute Gasteiger partial charge is 0.492 e. The summed E-state index contributed by atoms with van der Waals surface area (Å²) in [6.07, 6.45) is 3.83. The van der Waals surface area contributed by atoms with E-state index < -0.39 is 5.97 Å². The number of ether oxygens (including phenoxy) is 1. The number of carbonyl (C=O) groups is 1. The van der Waals surface area contributed by atoms with Crippen molar-refractivity contribution in [2.45, 2.75) is 33.2 Å². The third kappa shape index (κ3) is 6.95. The minimum absolute atomic E-state index is 0.525. The highest BCUT2D eigenvalue weighted by atomic mass is 16.5. The lowest BCUT2D eigenvalue weighted by Gasteiger charge is -2.25. The monoisotopic (exact) mass is 291 g/mol. The summed E-state index contributed by atoms with van der Waals surface area (Å²) in [5.41, 5.74) is 0.847. The van der Waals surface area contributed by atoms with Crippen LogP contribution in [0.15, 0.2) is 30.3 Å². The van der Waals surface area contributed by atoms with E-state index in [0.717, 1.165) is 36.9 Å². The first-order valence-corrected chi connectivity index (χ1v) is 7.41. The van der Waals surface area contributed by atoms with Gasteiger partial charge < -0.3 is 9.84 Å². The maximum absolute atomic E-state index is 10.4. The molecule has 1 rings (SSSR count). The van der Waals surface area contributed by atoms with Crippen LogP contribution in [0.4, 0.5) is 0 Å². The molecule has 0 atom stereocenters. The number of hydrogen-bond acceptors (Lipinski definition) is 3. The number of rotatable bonds is 9. The van der Waals surface area contributed by atoms with Gasteiger partial charge in [-0.25, -0.2) is 4.79 Å². The summed E-state index contributed by atoms with van der Waals surface area (Å²) >= 11 is 0. The summed E-state index contributed by atoms with van der Waals surface area (Å²) in [7, 11) is 0. The minimum Gasteiger partial charge on any atom is -0.492 e. The van der Waals surface area contributed by atoms with Crippen LogP contribution in [-0.4, -0.2) is 41.7 Å². The van der Waals surface area contributed by atoms with Crippen LogP contribution in [0.1, 0.15) is 32.8 Å². The van der Waals surface area contributed by atoms with E-state index in [2.05, 4.69) is 25.7 Å². The van der Waals surface area contributed by atoms with Crippen molar-refractivity contribution in [1.29, 1.82) is 0 Å². The molecule has 21 heavy (non-hydrogen) atoms. The number of hydrogen-bond donors (Lipinski definition) is 1. The number of aliphatic carboxylic acids is 1. The van der Waals surface area contributed by atoms with Gasteiger partial charge in [-0.3, -0.25) is 4.90 Å². The van der Waals surface area contributed by atoms with E-state index in [9.17, 15) is 4.79 Å². The van der Waals surface area contributed by atoms with E-state index in [-0.39, 0.29) is 0 Å². The Morgan fingerprint density at radius 3 is 2.48 bits per heavy atom. The molecule has 116 valence electrons. The van der Waals surface area contributed by atoms with Crippen LogP contribution < -0.4 is 4.74 Å². The van der Waals surface area contributed by atoms with E-state index >= 15 is 0 Å². The Labute approximate surface area is 127 Å². The SMILES string of the molecule is CCCN(CCOc1ccc(C=CC(=O)O)cc1)C(C)C. The summed E-state index contributed by atoms with van der Waals surface area (Å²) in [4.78, 5) is 12.8. The van der Waals surface area contributed by atoms with E-state index in [4.69, 9.17) is 9.84 Å². The number of carboxylic acids is 1. The highest BCUT2D eigenvalue weighted by Gasteiger charge is 2.07. The van der Waals surface area contributed by atoms with E-state index in [1.165, 1.54) is 0 Å². The number of nitrogens with zero attached hydrogens (tertiary/aromatic N) is 1. The molecule has 0 aromatic heterocycles. The van der Waals surface area contributed by atoms with Crippen molar-refractivity contribution in [2.75, 3.05) is 19.7 Å². The molecular weight excluding hydrogens is 266 g/mol. The number of carboxylic acid groups (broad SMARTS) is 1. The average molecular weight is 291 g/mol. The lowest BCUT2D eigenvalue weighted by atomic mass is 10.2. The summed E-state index contributed by atoms with van der Waals surface area (Å²) in [6, 6.07) is 7.95. The second kappa shape index (κ2) is 9.19. The summed E-state index contributed by atoms with van der Waals surface area (Å²) in [6.45, 7) is 9.21. The molecule has 0 aliphatic heterocycles. The van der Waals surface area contributed by atoms with E-state index in [1.807, 2.05) is 24.3 Å². The van der Waals surface area contributed by atoms with Gasteiger partial charge in [-0.1, -0.05) is 19.1 Å². The molecule has 0 heterocycles. The van der Waals surface area contributed by atoms with Gasteiger partial charge in [0.25, 0.3) is 0 Å². The Bertz CT molecular complexity index is 452. The summed E-state index contributed by atoms with van der Waals surface area (Å²) in [5.74, 6) is -0.136. The van der Waals surface area contributed by atoms with Gasteiger partial charge in [0, 0.05) is 18.7 Å². The molecule has 1 aromatic rings. The molecule has 0 amide bonds. The van der Waals surface area contributed by atoms with Crippen LogP contribution in [0.3, 0.4) is 0 Å². The van der Waals surface area contributed by atoms with Gasteiger partial charge in [-0.05, 0) is 50.6 Å². The van der Waals surface area contributed by atoms with Gasteiger partial charge in [-0.15, -0.1) is 0 Å². The molecule has 0 fully saturated rings. The molecule has 0 unspecified atom stereocenters. The van der Waals surface area contributed by atoms with Crippen LogP contribution in [0.5, 0.6) is 5.75 Å². The fourth-order valence-electron chi connectivity index (χ4n) is 2.04. The first kappa shape index (κ1) is 17.2. The Morgan fingerprint density at radius 1 is 1.29 bits per heavy atom.